The van der Waals surface area contributed by atoms with Gasteiger partial charge < -0.3 is 14.7 Å². The largest absolute Gasteiger partial charge is 0.475 e. The van der Waals surface area contributed by atoms with Gasteiger partial charge in [-0.05, 0) is 0 Å². The number of hydrogen-bond acceptors (Lipinski definition) is 5. The molecule has 0 aromatic carbocycles. The van der Waals surface area contributed by atoms with Crippen LogP contribution in [-0.4, -0.2) is 51.7 Å². The minimum Gasteiger partial charge on any atom is -0.475 e. The summed E-state index contributed by atoms with van der Waals surface area (Å²) in [5.41, 5.74) is 0.705. The number of morpholine rings is 1. The van der Waals surface area contributed by atoms with Crippen LogP contribution in [0.25, 0.3) is 5.52 Å². The number of carboxylic acid groups (broad SMARTS) is 1. The maximum atomic E-state index is 11.2. The molecule has 0 atom stereocenters. The number of aromatic nitrogens is 3. The Labute approximate surface area is 103 Å². The molecule has 3 heterocycles. The molecule has 1 aliphatic heterocycles. The number of aromatic carboxylic acids is 1. The molecule has 3 rings (SSSR count). The van der Waals surface area contributed by atoms with Crippen LogP contribution in [0.3, 0.4) is 0 Å². The molecule has 94 valence electrons. The maximum Gasteiger partial charge on any atom is 0.372 e. The van der Waals surface area contributed by atoms with E-state index in [1.165, 1.54) is 0 Å². The second kappa shape index (κ2) is 4.26. The molecule has 18 heavy (non-hydrogen) atoms. The molecular formula is C11H12N4O3. The van der Waals surface area contributed by atoms with Gasteiger partial charge in [0.25, 0.3) is 0 Å². The van der Waals surface area contributed by atoms with E-state index in [9.17, 15) is 4.79 Å². The first-order valence-corrected chi connectivity index (χ1v) is 5.65. The Morgan fingerprint density at radius 1 is 1.39 bits per heavy atom. The predicted molar refractivity (Wildman–Crippen MR) is 63.0 cm³/mol. The standard InChI is InChI=1S/C11H12N4O3/c16-11(17)10-13-9(14-3-5-18-6-4-14)8-7-12-1-2-15(8)10/h1-2,7H,3-6H2,(H,16,17). The van der Waals surface area contributed by atoms with Gasteiger partial charge in [0.1, 0.15) is 5.52 Å². The van der Waals surface area contributed by atoms with Crippen LogP contribution in [0.2, 0.25) is 0 Å². The minimum absolute atomic E-state index is 0.00823. The van der Waals surface area contributed by atoms with Gasteiger partial charge in [-0.3, -0.25) is 9.38 Å². The molecule has 0 spiro atoms. The van der Waals surface area contributed by atoms with Crippen LogP contribution in [0.4, 0.5) is 5.82 Å². The van der Waals surface area contributed by atoms with E-state index in [0.29, 0.717) is 37.6 Å². The van der Waals surface area contributed by atoms with Crippen LogP contribution in [0.5, 0.6) is 0 Å². The van der Waals surface area contributed by atoms with Gasteiger partial charge in [0.15, 0.2) is 5.82 Å². The number of carbonyl (C=O) groups is 1. The summed E-state index contributed by atoms with van der Waals surface area (Å²) in [6.45, 7) is 2.67. The molecule has 0 bridgehead atoms. The molecular weight excluding hydrogens is 236 g/mol. The zero-order chi connectivity index (χ0) is 12.5. The minimum atomic E-state index is -1.05. The highest BCUT2D eigenvalue weighted by atomic mass is 16.5. The van der Waals surface area contributed by atoms with Crippen molar-refractivity contribution in [2.45, 2.75) is 0 Å². The summed E-state index contributed by atoms with van der Waals surface area (Å²) < 4.78 is 6.82. The maximum absolute atomic E-state index is 11.2. The van der Waals surface area contributed by atoms with Crippen molar-refractivity contribution < 1.29 is 14.6 Å². The number of fused-ring (bicyclic) bond motifs is 1. The topological polar surface area (TPSA) is 80.0 Å². The Balaban J connectivity index is 2.13. The number of anilines is 1. The highest BCUT2D eigenvalue weighted by Crippen LogP contribution is 2.22. The average Bonchev–Trinajstić information content (AvgIpc) is 2.79. The third kappa shape index (κ3) is 1.68. The van der Waals surface area contributed by atoms with E-state index >= 15 is 0 Å². The first kappa shape index (κ1) is 11.0. The summed E-state index contributed by atoms with van der Waals surface area (Å²) in [5.74, 6) is -0.381. The summed E-state index contributed by atoms with van der Waals surface area (Å²) in [5, 5.41) is 9.15. The summed E-state index contributed by atoms with van der Waals surface area (Å²) in [4.78, 5) is 21.4. The quantitative estimate of drug-likeness (QED) is 0.821. The average molecular weight is 248 g/mol. The Morgan fingerprint density at radius 2 is 2.17 bits per heavy atom. The lowest BCUT2D eigenvalue weighted by atomic mass is 10.4. The molecule has 1 saturated heterocycles. The number of ether oxygens (including phenoxy) is 1. The normalized spacial score (nSPS) is 16.1. The van der Waals surface area contributed by atoms with E-state index in [1.54, 1.807) is 23.0 Å². The van der Waals surface area contributed by atoms with Crippen LogP contribution < -0.4 is 4.90 Å². The molecule has 7 nitrogen and oxygen atoms in total. The lowest BCUT2D eigenvalue weighted by Gasteiger charge is -2.26. The Bertz CT molecular complexity index is 589. The van der Waals surface area contributed by atoms with Crippen LogP contribution in [0.15, 0.2) is 18.6 Å². The second-order valence-electron chi connectivity index (χ2n) is 4.00. The zero-order valence-electron chi connectivity index (χ0n) is 9.61. The Kier molecular flexibility index (Phi) is 2.60. The molecule has 1 N–H and O–H groups in total. The molecule has 7 heteroatoms. The van der Waals surface area contributed by atoms with Crippen LogP contribution in [0, 0.1) is 0 Å². The van der Waals surface area contributed by atoms with Crippen LogP contribution in [0.1, 0.15) is 10.6 Å². The van der Waals surface area contributed by atoms with E-state index in [2.05, 4.69) is 9.97 Å². The van der Waals surface area contributed by atoms with Gasteiger partial charge in [0, 0.05) is 25.5 Å². The molecule has 0 radical (unpaired) electrons. The van der Waals surface area contributed by atoms with E-state index in [0.717, 1.165) is 0 Å². The van der Waals surface area contributed by atoms with E-state index in [1.807, 2.05) is 4.90 Å². The fourth-order valence-electron chi connectivity index (χ4n) is 2.08. The Hall–Kier alpha value is -2.15. The zero-order valence-corrected chi connectivity index (χ0v) is 9.61. The van der Waals surface area contributed by atoms with Crippen molar-refractivity contribution in [3.05, 3.63) is 24.4 Å². The summed E-state index contributed by atoms with van der Waals surface area (Å²) in [6, 6.07) is 0. The molecule has 0 aliphatic carbocycles. The lowest BCUT2D eigenvalue weighted by Crippen LogP contribution is -2.36. The third-order valence-electron chi connectivity index (χ3n) is 2.93. The first-order valence-electron chi connectivity index (χ1n) is 5.65. The number of rotatable bonds is 2. The number of nitrogens with zero attached hydrogens (tertiary/aromatic N) is 4. The van der Waals surface area contributed by atoms with Gasteiger partial charge >= 0.3 is 5.97 Å². The SMILES string of the molecule is O=C(O)c1nc(N2CCOCC2)c2cnccn12. The molecule has 2 aromatic heterocycles. The molecule has 1 aliphatic rings. The molecule has 1 fully saturated rings. The van der Waals surface area contributed by atoms with Crippen LogP contribution >= 0.6 is 0 Å². The van der Waals surface area contributed by atoms with Gasteiger partial charge in [-0.25, -0.2) is 9.78 Å². The van der Waals surface area contributed by atoms with E-state index < -0.39 is 5.97 Å². The second-order valence-corrected chi connectivity index (χ2v) is 4.00. The van der Waals surface area contributed by atoms with Gasteiger partial charge in [-0.2, -0.15) is 0 Å². The summed E-state index contributed by atoms with van der Waals surface area (Å²) >= 11 is 0. The van der Waals surface area contributed by atoms with E-state index in [-0.39, 0.29) is 5.82 Å². The van der Waals surface area contributed by atoms with Gasteiger partial charge in [0.2, 0.25) is 5.82 Å². The lowest BCUT2D eigenvalue weighted by molar-refractivity contribution is 0.0683. The molecule has 0 amide bonds. The number of imidazole rings is 1. The van der Waals surface area contributed by atoms with Crippen molar-refractivity contribution in [3.63, 3.8) is 0 Å². The number of carboxylic acids is 1. The summed E-state index contributed by atoms with van der Waals surface area (Å²) in [7, 11) is 0. The van der Waals surface area contributed by atoms with Crippen molar-refractivity contribution in [3.8, 4) is 0 Å². The molecule has 2 aromatic rings. The molecule has 0 saturated carbocycles. The molecule has 0 unspecified atom stereocenters. The Morgan fingerprint density at radius 3 is 2.89 bits per heavy atom. The van der Waals surface area contributed by atoms with Crippen LogP contribution in [-0.2, 0) is 4.74 Å². The highest BCUT2D eigenvalue weighted by molar-refractivity contribution is 5.88. The van der Waals surface area contributed by atoms with Gasteiger partial charge in [0.05, 0.1) is 19.4 Å². The van der Waals surface area contributed by atoms with Gasteiger partial charge in [-0.15, -0.1) is 0 Å². The first-order chi connectivity index (χ1) is 8.77. The highest BCUT2D eigenvalue weighted by Gasteiger charge is 2.21. The van der Waals surface area contributed by atoms with Gasteiger partial charge in [-0.1, -0.05) is 0 Å². The summed E-state index contributed by atoms with van der Waals surface area (Å²) in [6.07, 6.45) is 4.78. The van der Waals surface area contributed by atoms with Crippen molar-refractivity contribution in [2.24, 2.45) is 0 Å². The monoisotopic (exact) mass is 248 g/mol. The fourth-order valence-corrected chi connectivity index (χ4v) is 2.08. The smallest absolute Gasteiger partial charge is 0.372 e. The fraction of sp³-hybridized carbons (Fsp3) is 0.364. The predicted octanol–water partition coefficient (Wildman–Crippen LogP) is 0.264. The van der Waals surface area contributed by atoms with Crippen molar-refractivity contribution in [1.29, 1.82) is 0 Å². The van der Waals surface area contributed by atoms with Crippen molar-refractivity contribution in [2.75, 3.05) is 31.2 Å². The van der Waals surface area contributed by atoms with Crippen molar-refractivity contribution >= 4 is 17.3 Å². The van der Waals surface area contributed by atoms with Crippen molar-refractivity contribution in [1.82, 2.24) is 14.4 Å². The third-order valence-corrected chi connectivity index (χ3v) is 2.93. The number of hydrogen-bond donors (Lipinski definition) is 1. The van der Waals surface area contributed by atoms with E-state index in [4.69, 9.17) is 9.84 Å².